The first kappa shape index (κ1) is 10.9. The molecule has 0 saturated carbocycles. The Hall–Kier alpha value is -0.610. The van der Waals surface area contributed by atoms with Crippen molar-refractivity contribution in [1.82, 2.24) is 10.2 Å². The van der Waals surface area contributed by atoms with Crippen molar-refractivity contribution in [3.05, 3.63) is 0 Å². The van der Waals surface area contributed by atoms with Gasteiger partial charge in [-0.05, 0) is 38.8 Å². The molecule has 1 radical (unpaired) electrons. The zero-order chi connectivity index (χ0) is 10.7. The summed E-state index contributed by atoms with van der Waals surface area (Å²) < 4.78 is 0. The van der Waals surface area contributed by atoms with Gasteiger partial charge in [0.25, 0.3) is 0 Å². The molecule has 4 heteroatoms. The summed E-state index contributed by atoms with van der Waals surface area (Å²) in [5, 5.41) is 4.32. The molecule has 0 spiro atoms. The number of carbonyl (C=O) groups excluding carboxylic acids is 1. The summed E-state index contributed by atoms with van der Waals surface area (Å²) in [5.74, 6) is -0.140. The maximum atomic E-state index is 11.7. The van der Waals surface area contributed by atoms with Gasteiger partial charge in [0.05, 0.1) is 0 Å². The van der Waals surface area contributed by atoms with Gasteiger partial charge in [-0.1, -0.05) is 6.42 Å². The number of hydrogen-bond acceptors (Lipinski definition) is 2. The summed E-state index contributed by atoms with van der Waals surface area (Å²) in [4.78, 5) is 14.0. The van der Waals surface area contributed by atoms with Crippen LogP contribution in [0.3, 0.4) is 0 Å². The Kier molecular flexibility index (Phi) is 3.26. The molecule has 0 unspecified atom stereocenters. The SMILES string of the molecule is NC(=O)C1(N2CCCCC2)CC[N]CC1. The number of carbonyl (C=O) groups is 1. The lowest BCUT2D eigenvalue weighted by Gasteiger charge is -2.45. The molecule has 2 aliphatic rings. The van der Waals surface area contributed by atoms with Crippen LogP contribution in [-0.4, -0.2) is 42.5 Å². The van der Waals surface area contributed by atoms with E-state index in [1.54, 1.807) is 0 Å². The van der Waals surface area contributed by atoms with Crippen LogP contribution in [0.4, 0.5) is 0 Å². The summed E-state index contributed by atoms with van der Waals surface area (Å²) in [6.07, 6.45) is 5.33. The Labute approximate surface area is 91.2 Å². The zero-order valence-electron chi connectivity index (χ0n) is 9.24. The van der Waals surface area contributed by atoms with Crippen LogP contribution < -0.4 is 11.1 Å². The largest absolute Gasteiger partial charge is 0.368 e. The standard InChI is InChI=1S/C11H20N3O/c12-10(15)11(4-6-13-7-5-11)14-8-2-1-3-9-14/h1-9H2,(H2,12,15). The van der Waals surface area contributed by atoms with E-state index in [0.29, 0.717) is 0 Å². The Bertz CT molecular complexity index is 230. The number of likely N-dealkylation sites (tertiary alicyclic amines) is 1. The monoisotopic (exact) mass is 210 g/mol. The number of rotatable bonds is 2. The molecule has 2 aliphatic heterocycles. The molecule has 0 aliphatic carbocycles. The molecular weight excluding hydrogens is 190 g/mol. The van der Waals surface area contributed by atoms with Crippen molar-refractivity contribution >= 4 is 5.91 Å². The van der Waals surface area contributed by atoms with Crippen LogP contribution >= 0.6 is 0 Å². The fraction of sp³-hybridized carbons (Fsp3) is 0.909. The van der Waals surface area contributed by atoms with Gasteiger partial charge in [0.1, 0.15) is 5.54 Å². The normalized spacial score (nSPS) is 27.5. The Morgan fingerprint density at radius 3 is 2.27 bits per heavy atom. The summed E-state index contributed by atoms with van der Waals surface area (Å²) in [6, 6.07) is 0. The van der Waals surface area contributed by atoms with Crippen molar-refractivity contribution in [2.75, 3.05) is 26.2 Å². The van der Waals surface area contributed by atoms with E-state index in [1.165, 1.54) is 19.3 Å². The van der Waals surface area contributed by atoms with Gasteiger partial charge < -0.3 is 5.73 Å². The molecule has 0 bridgehead atoms. The third-order valence-corrected chi connectivity index (χ3v) is 3.79. The molecule has 15 heavy (non-hydrogen) atoms. The number of nitrogens with zero attached hydrogens (tertiary/aromatic N) is 2. The molecule has 0 aromatic rings. The lowest BCUT2D eigenvalue weighted by atomic mass is 9.84. The quantitative estimate of drug-likeness (QED) is 0.702. The number of primary amides is 1. The molecule has 2 N–H and O–H groups in total. The third kappa shape index (κ3) is 2.01. The van der Waals surface area contributed by atoms with E-state index >= 15 is 0 Å². The van der Waals surface area contributed by atoms with Gasteiger partial charge in [0.2, 0.25) is 5.91 Å². The molecule has 2 heterocycles. The van der Waals surface area contributed by atoms with Crippen molar-refractivity contribution in [2.24, 2.45) is 5.73 Å². The highest BCUT2D eigenvalue weighted by atomic mass is 16.1. The minimum absolute atomic E-state index is 0.140. The molecule has 0 aromatic heterocycles. The topological polar surface area (TPSA) is 60.4 Å². The van der Waals surface area contributed by atoms with Crippen LogP contribution in [0, 0.1) is 0 Å². The van der Waals surface area contributed by atoms with Gasteiger partial charge in [-0.15, -0.1) is 0 Å². The van der Waals surface area contributed by atoms with Gasteiger partial charge in [-0.3, -0.25) is 9.69 Å². The van der Waals surface area contributed by atoms with Crippen LogP contribution in [-0.2, 0) is 4.79 Å². The van der Waals surface area contributed by atoms with Crippen LogP contribution in [0.25, 0.3) is 0 Å². The van der Waals surface area contributed by atoms with E-state index in [2.05, 4.69) is 10.2 Å². The first-order chi connectivity index (χ1) is 7.26. The molecule has 2 saturated heterocycles. The van der Waals surface area contributed by atoms with Crippen LogP contribution in [0.5, 0.6) is 0 Å². The second kappa shape index (κ2) is 4.49. The molecule has 2 rings (SSSR count). The lowest BCUT2D eigenvalue weighted by Crippen LogP contribution is -2.62. The summed E-state index contributed by atoms with van der Waals surface area (Å²) >= 11 is 0. The Morgan fingerprint density at radius 2 is 1.73 bits per heavy atom. The smallest absolute Gasteiger partial charge is 0.238 e. The molecule has 2 fully saturated rings. The fourth-order valence-electron chi connectivity index (χ4n) is 2.81. The van der Waals surface area contributed by atoms with E-state index in [1.807, 2.05) is 0 Å². The Morgan fingerprint density at radius 1 is 1.13 bits per heavy atom. The first-order valence-electron chi connectivity index (χ1n) is 5.94. The number of nitrogens with two attached hydrogens (primary N) is 1. The van der Waals surface area contributed by atoms with Gasteiger partial charge in [-0.25, -0.2) is 5.32 Å². The van der Waals surface area contributed by atoms with Gasteiger partial charge >= 0.3 is 0 Å². The zero-order valence-corrected chi connectivity index (χ0v) is 9.24. The number of piperidine rings is 2. The van der Waals surface area contributed by atoms with Crippen LogP contribution in [0.1, 0.15) is 32.1 Å². The van der Waals surface area contributed by atoms with E-state index in [4.69, 9.17) is 5.73 Å². The maximum absolute atomic E-state index is 11.7. The highest BCUT2D eigenvalue weighted by molar-refractivity contribution is 5.84. The van der Waals surface area contributed by atoms with Gasteiger partial charge in [-0.2, -0.15) is 0 Å². The van der Waals surface area contributed by atoms with Crippen molar-refractivity contribution in [3.63, 3.8) is 0 Å². The summed E-state index contributed by atoms with van der Waals surface area (Å²) in [7, 11) is 0. The maximum Gasteiger partial charge on any atom is 0.238 e. The highest BCUT2D eigenvalue weighted by Gasteiger charge is 2.43. The second-order valence-corrected chi connectivity index (χ2v) is 4.61. The number of hydrogen-bond donors (Lipinski definition) is 1. The van der Waals surface area contributed by atoms with Crippen molar-refractivity contribution in [3.8, 4) is 0 Å². The second-order valence-electron chi connectivity index (χ2n) is 4.61. The fourth-order valence-corrected chi connectivity index (χ4v) is 2.81. The lowest BCUT2D eigenvalue weighted by molar-refractivity contribution is -0.133. The van der Waals surface area contributed by atoms with E-state index in [9.17, 15) is 4.79 Å². The predicted octanol–water partition coefficient (Wildman–Crippen LogP) is 0.0946. The molecule has 0 atom stereocenters. The molecule has 4 nitrogen and oxygen atoms in total. The average Bonchev–Trinajstić information content (AvgIpc) is 2.31. The molecule has 85 valence electrons. The van der Waals surface area contributed by atoms with Gasteiger partial charge in [0, 0.05) is 13.1 Å². The minimum Gasteiger partial charge on any atom is -0.368 e. The predicted molar refractivity (Wildman–Crippen MR) is 58.5 cm³/mol. The van der Waals surface area contributed by atoms with Gasteiger partial charge in [0.15, 0.2) is 0 Å². The van der Waals surface area contributed by atoms with Crippen LogP contribution in [0.15, 0.2) is 0 Å². The summed E-state index contributed by atoms with van der Waals surface area (Å²) in [6.45, 7) is 3.64. The summed E-state index contributed by atoms with van der Waals surface area (Å²) in [5.41, 5.74) is 5.24. The van der Waals surface area contributed by atoms with Crippen molar-refractivity contribution < 1.29 is 4.79 Å². The van der Waals surface area contributed by atoms with E-state index in [-0.39, 0.29) is 11.4 Å². The third-order valence-electron chi connectivity index (χ3n) is 3.79. The molecule has 0 aromatic carbocycles. The Balaban J connectivity index is 2.12. The average molecular weight is 210 g/mol. The highest BCUT2D eigenvalue weighted by Crippen LogP contribution is 2.29. The minimum atomic E-state index is -0.373. The van der Waals surface area contributed by atoms with Crippen LogP contribution in [0.2, 0.25) is 0 Å². The van der Waals surface area contributed by atoms with Crippen molar-refractivity contribution in [1.29, 1.82) is 0 Å². The van der Waals surface area contributed by atoms with E-state index in [0.717, 1.165) is 39.0 Å². The molecular formula is C11H20N3O. The van der Waals surface area contributed by atoms with Crippen molar-refractivity contribution in [2.45, 2.75) is 37.6 Å². The van der Waals surface area contributed by atoms with E-state index < -0.39 is 0 Å². The first-order valence-corrected chi connectivity index (χ1v) is 5.94. The number of amides is 1. The molecule has 1 amide bonds.